The zero-order chi connectivity index (χ0) is 19.9. The number of pyridine rings is 1. The number of rotatable bonds is 4. The summed E-state index contributed by atoms with van der Waals surface area (Å²) in [6.07, 6.45) is 4.96. The summed E-state index contributed by atoms with van der Waals surface area (Å²) >= 11 is 0. The number of hydrogen-bond acceptors (Lipinski definition) is 7. The van der Waals surface area contributed by atoms with E-state index in [4.69, 9.17) is 0 Å². The summed E-state index contributed by atoms with van der Waals surface area (Å²) in [6.45, 7) is 9.68. The van der Waals surface area contributed by atoms with Gasteiger partial charge in [-0.2, -0.15) is 4.98 Å². The summed E-state index contributed by atoms with van der Waals surface area (Å²) < 4.78 is 2.20. The van der Waals surface area contributed by atoms with Gasteiger partial charge in [-0.05, 0) is 46.6 Å². The predicted molar refractivity (Wildman–Crippen MR) is 110 cm³/mol. The van der Waals surface area contributed by atoms with E-state index in [2.05, 4.69) is 48.6 Å². The van der Waals surface area contributed by atoms with E-state index in [0.717, 1.165) is 35.8 Å². The topological polar surface area (TPSA) is 92.0 Å². The highest BCUT2D eigenvalue weighted by Crippen LogP contribution is 2.26. The van der Waals surface area contributed by atoms with Crippen LogP contribution in [0.15, 0.2) is 24.5 Å². The summed E-state index contributed by atoms with van der Waals surface area (Å²) in [7, 11) is 0. The fourth-order valence-corrected chi connectivity index (χ4v) is 3.73. The average molecular weight is 381 g/mol. The molecule has 1 aliphatic heterocycles. The lowest BCUT2D eigenvalue weighted by Crippen LogP contribution is -2.43. The van der Waals surface area contributed by atoms with Gasteiger partial charge in [0.05, 0.1) is 17.3 Å². The Labute approximate surface area is 164 Å². The Morgan fingerprint density at radius 1 is 1.14 bits per heavy atom. The van der Waals surface area contributed by atoms with Crippen molar-refractivity contribution in [2.75, 3.05) is 23.3 Å². The van der Waals surface area contributed by atoms with Gasteiger partial charge in [-0.25, -0.2) is 15.0 Å². The number of piperidine rings is 1. The van der Waals surface area contributed by atoms with Crippen LogP contribution in [0.4, 0.5) is 17.6 Å². The molecule has 0 unspecified atom stereocenters. The molecule has 4 rings (SSSR count). The van der Waals surface area contributed by atoms with Crippen molar-refractivity contribution in [1.29, 1.82) is 0 Å². The normalized spacial score (nSPS) is 16.7. The van der Waals surface area contributed by atoms with Crippen LogP contribution in [0.2, 0.25) is 0 Å². The molecule has 8 heteroatoms. The molecule has 0 radical (unpaired) electrons. The smallest absolute Gasteiger partial charge is 0.227 e. The van der Waals surface area contributed by atoms with E-state index < -0.39 is 5.60 Å². The van der Waals surface area contributed by atoms with Crippen molar-refractivity contribution in [3.63, 3.8) is 0 Å². The molecule has 3 aromatic heterocycles. The van der Waals surface area contributed by atoms with Crippen LogP contribution in [0, 0.1) is 6.92 Å². The summed E-state index contributed by atoms with van der Waals surface area (Å²) in [5, 5.41) is 13.4. The van der Waals surface area contributed by atoms with Gasteiger partial charge in [-0.3, -0.25) is 0 Å². The molecule has 0 atom stereocenters. The van der Waals surface area contributed by atoms with E-state index >= 15 is 0 Å². The van der Waals surface area contributed by atoms with Gasteiger partial charge in [0.1, 0.15) is 23.0 Å². The van der Waals surface area contributed by atoms with E-state index in [1.54, 1.807) is 12.4 Å². The maximum absolute atomic E-state index is 10.1. The van der Waals surface area contributed by atoms with Crippen LogP contribution >= 0.6 is 0 Å². The van der Waals surface area contributed by atoms with E-state index in [9.17, 15) is 5.11 Å². The zero-order valence-electron chi connectivity index (χ0n) is 16.8. The first-order valence-corrected chi connectivity index (χ1v) is 9.74. The number of aliphatic hydroxyl groups is 1. The molecule has 0 bridgehead atoms. The lowest BCUT2D eigenvalue weighted by Gasteiger charge is -2.35. The minimum atomic E-state index is -0.594. The second kappa shape index (κ2) is 7.01. The molecule has 1 fully saturated rings. The van der Waals surface area contributed by atoms with E-state index in [1.807, 2.05) is 26.0 Å². The number of fused-ring (bicyclic) bond motifs is 1. The molecule has 148 valence electrons. The number of anilines is 3. The molecular weight excluding hydrogens is 354 g/mol. The third-order valence-electron chi connectivity index (χ3n) is 5.29. The van der Waals surface area contributed by atoms with Crippen LogP contribution in [0.1, 0.15) is 45.5 Å². The van der Waals surface area contributed by atoms with Gasteiger partial charge >= 0.3 is 0 Å². The number of imidazole rings is 1. The first-order chi connectivity index (χ1) is 13.3. The minimum Gasteiger partial charge on any atom is -0.390 e. The van der Waals surface area contributed by atoms with Gasteiger partial charge in [0.2, 0.25) is 5.95 Å². The standard InChI is InChI=1S/C20H27N7O/c1-13(2)27-14(3)23-15-12-22-18(11-16(15)27)24-17-5-8-21-19(25-17)26-9-6-20(4,28)7-10-26/h5,8,11-13,28H,6-7,9-10H2,1-4H3,(H,21,22,24,25). The second-order valence-corrected chi connectivity index (χ2v) is 8.03. The van der Waals surface area contributed by atoms with Crippen LogP contribution in [-0.4, -0.2) is 48.3 Å². The van der Waals surface area contributed by atoms with Crippen molar-refractivity contribution in [3.05, 3.63) is 30.4 Å². The molecule has 0 amide bonds. The first-order valence-electron chi connectivity index (χ1n) is 9.74. The molecule has 2 N–H and O–H groups in total. The fourth-order valence-electron chi connectivity index (χ4n) is 3.73. The van der Waals surface area contributed by atoms with Crippen molar-refractivity contribution in [1.82, 2.24) is 24.5 Å². The third kappa shape index (κ3) is 3.64. The number of aryl methyl sites for hydroxylation is 1. The lowest BCUT2D eigenvalue weighted by atomic mass is 9.94. The maximum Gasteiger partial charge on any atom is 0.227 e. The van der Waals surface area contributed by atoms with Crippen molar-refractivity contribution in [3.8, 4) is 0 Å². The molecule has 0 saturated carbocycles. The van der Waals surface area contributed by atoms with Gasteiger partial charge in [0.25, 0.3) is 0 Å². The Balaban J connectivity index is 1.57. The van der Waals surface area contributed by atoms with Crippen LogP contribution in [0.25, 0.3) is 11.0 Å². The zero-order valence-corrected chi connectivity index (χ0v) is 16.8. The van der Waals surface area contributed by atoms with Crippen molar-refractivity contribution in [2.24, 2.45) is 0 Å². The molecule has 0 spiro atoms. The van der Waals surface area contributed by atoms with Crippen molar-refractivity contribution in [2.45, 2.75) is 52.2 Å². The molecule has 0 aromatic carbocycles. The Hall–Kier alpha value is -2.74. The van der Waals surface area contributed by atoms with Crippen LogP contribution in [0.5, 0.6) is 0 Å². The highest BCUT2D eigenvalue weighted by Gasteiger charge is 2.28. The van der Waals surface area contributed by atoms with Gasteiger partial charge in [0.15, 0.2) is 0 Å². The predicted octanol–water partition coefficient (Wildman–Crippen LogP) is 3.21. The molecule has 8 nitrogen and oxygen atoms in total. The monoisotopic (exact) mass is 381 g/mol. The Morgan fingerprint density at radius 2 is 1.89 bits per heavy atom. The number of nitrogens with zero attached hydrogens (tertiary/aromatic N) is 6. The highest BCUT2D eigenvalue weighted by atomic mass is 16.3. The van der Waals surface area contributed by atoms with Gasteiger partial charge in [-0.15, -0.1) is 0 Å². The van der Waals surface area contributed by atoms with Crippen molar-refractivity contribution >= 4 is 28.6 Å². The molecule has 28 heavy (non-hydrogen) atoms. The number of nitrogens with one attached hydrogen (secondary N) is 1. The first kappa shape index (κ1) is 18.6. The molecular formula is C20H27N7O. The number of aromatic nitrogens is 5. The summed E-state index contributed by atoms with van der Waals surface area (Å²) in [6, 6.07) is 4.16. The summed E-state index contributed by atoms with van der Waals surface area (Å²) in [5.41, 5.74) is 1.35. The van der Waals surface area contributed by atoms with E-state index in [0.29, 0.717) is 30.6 Å². The minimum absolute atomic E-state index is 0.321. The quantitative estimate of drug-likeness (QED) is 0.717. The van der Waals surface area contributed by atoms with E-state index in [1.165, 1.54) is 0 Å². The molecule has 1 saturated heterocycles. The Kier molecular flexibility index (Phi) is 4.66. The average Bonchev–Trinajstić information content (AvgIpc) is 2.97. The molecule has 0 aliphatic carbocycles. The Bertz CT molecular complexity index is 985. The SMILES string of the molecule is Cc1nc2cnc(Nc3ccnc(N4CCC(C)(O)CC4)n3)cc2n1C(C)C. The van der Waals surface area contributed by atoms with Gasteiger partial charge in [0, 0.05) is 31.4 Å². The van der Waals surface area contributed by atoms with E-state index in [-0.39, 0.29) is 0 Å². The largest absolute Gasteiger partial charge is 0.390 e. The molecule has 3 aromatic rings. The second-order valence-electron chi connectivity index (χ2n) is 8.03. The summed E-state index contributed by atoms with van der Waals surface area (Å²) in [4.78, 5) is 20.2. The van der Waals surface area contributed by atoms with Gasteiger partial charge < -0.3 is 19.9 Å². The third-order valence-corrected chi connectivity index (χ3v) is 5.29. The van der Waals surface area contributed by atoms with Crippen LogP contribution < -0.4 is 10.2 Å². The highest BCUT2D eigenvalue weighted by molar-refractivity contribution is 5.79. The lowest BCUT2D eigenvalue weighted by molar-refractivity contribution is 0.0349. The van der Waals surface area contributed by atoms with Crippen molar-refractivity contribution < 1.29 is 5.11 Å². The molecule has 1 aliphatic rings. The van der Waals surface area contributed by atoms with Crippen LogP contribution in [-0.2, 0) is 0 Å². The van der Waals surface area contributed by atoms with Gasteiger partial charge in [-0.1, -0.05) is 0 Å². The number of hydrogen-bond donors (Lipinski definition) is 2. The Morgan fingerprint density at radius 3 is 2.61 bits per heavy atom. The summed E-state index contributed by atoms with van der Waals surface area (Å²) in [5.74, 6) is 3.07. The maximum atomic E-state index is 10.1. The van der Waals surface area contributed by atoms with Crippen LogP contribution in [0.3, 0.4) is 0 Å². The fraction of sp³-hybridized carbons (Fsp3) is 0.500. The molecule has 4 heterocycles.